The summed E-state index contributed by atoms with van der Waals surface area (Å²) in [5.41, 5.74) is 1.74. The molecule has 6 rings (SSSR count). The molecule has 4 fully saturated rings. The van der Waals surface area contributed by atoms with E-state index in [4.69, 9.17) is 0 Å². The number of hydrogen-bond donors (Lipinski definition) is 1. The van der Waals surface area contributed by atoms with Crippen LogP contribution in [-0.4, -0.2) is 58.6 Å². The monoisotopic (exact) mass is 453 g/mol. The van der Waals surface area contributed by atoms with Crippen molar-refractivity contribution in [2.75, 3.05) is 14.1 Å². The highest BCUT2D eigenvalue weighted by Gasteiger charge is 2.77. The van der Waals surface area contributed by atoms with Crippen LogP contribution in [0.15, 0.2) is 30.3 Å². The van der Waals surface area contributed by atoms with Gasteiger partial charge in [-0.15, -0.1) is 0 Å². The third kappa shape index (κ3) is 3.33. The molecule has 0 unspecified atom stereocenters. The van der Waals surface area contributed by atoms with Crippen LogP contribution in [0.4, 0.5) is 0 Å². The molecule has 1 heterocycles. The molecule has 5 heteroatoms. The first-order valence-corrected chi connectivity index (χ1v) is 14.7. The van der Waals surface area contributed by atoms with Gasteiger partial charge in [0, 0.05) is 5.54 Å². The number of nitrogens with one attached hydrogen (secondary N) is 1. The van der Waals surface area contributed by atoms with Crippen molar-refractivity contribution in [1.29, 1.82) is 0 Å². The highest BCUT2D eigenvalue weighted by Crippen LogP contribution is 2.56. The number of nitrogens with zero attached hydrogens (tertiary/aromatic N) is 3. The number of benzene rings is 1. The van der Waals surface area contributed by atoms with Crippen molar-refractivity contribution in [2.45, 2.75) is 96.7 Å². The van der Waals surface area contributed by atoms with Crippen LogP contribution < -0.4 is 4.98 Å². The van der Waals surface area contributed by atoms with Crippen LogP contribution in [0.5, 0.6) is 0 Å². The van der Waals surface area contributed by atoms with E-state index in [0.717, 1.165) is 17.8 Å². The van der Waals surface area contributed by atoms with Crippen molar-refractivity contribution in [3.05, 3.63) is 35.9 Å². The van der Waals surface area contributed by atoms with Gasteiger partial charge in [-0.25, -0.2) is 18.4 Å². The van der Waals surface area contributed by atoms with E-state index < -0.39 is 8.72 Å². The number of rotatable bonds is 4. The molecule has 176 valence electrons. The molecule has 1 aliphatic heterocycles. The molecule has 32 heavy (non-hydrogen) atoms. The van der Waals surface area contributed by atoms with Gasteiger partial charge < -0.3 is 0 Å². The van der Waals surface area contributed by atoms with Crippen LogP contribution in [0.25, 0.3) is 0 Å². The maximum absolute atomic E-state index is 4.58. The zero-order valence-corrected chi connectivity index (χ0v) is 22.7. The minimum atomic E-state index is -2.37. The van der Waals surface area contributed by atoms with Crippen LogP contribution in [0.1, 0.15) is 85.6 Å². The lowest BCUT2D eigenvalue weighted by Crippen LogP contribution is -2.95. The van der Waals surface area contributed by atoms with Gasteiger partial charge >= 0.3 is 8.72 Å². The van der Waals surface area contributed by atoms with Gasteiger partial charge in [0.25, 0.3) is 5.84 Å². The Hall–Kier alpha value is -1.17. The van der Waals surface area contributed by atoms with Crippen LogP contribution in [-0.2, 0) is 0 Å². The average molecular weight is 454 g/mol. The second kappa shape index (κ2) is 7.16. The minimum absolute atomic E-state index is 0.0404. The summed E-state index contributed by atoms with van der Waals surface area (Å²) in [4.78, 5) is 4.58. The summed E-state index contributed by atoms with van der Waals surface area (Å²) >= 11 is 0. The van der Waals surface area contributed by atoms with E-state index in [-0.39, 0.29) is 11.1 Å². The Kier molecular flexibility index (Phi) is 5.06. The average Bonchev–Trinajstić information content (AvgIpc) is 2.61. The maximum atomic E-state index is 4.58. The van der Waals surface area contributed by atoms with E-state index in [0.29, 0.717) is 5.54 Å². The molecule has 4 aliphatic carbocycles. The lowest BCUT2D eigenvalue weighted by Gasteiger charge is -2.62. The summed E-state index contributed by atoms with van der Waals surface area (Å²) in [6.07, 6.45) is 8.63. The lowest BCUT2D eigenvalue weighted by molar-refractivity contribution is -0.530. The first-order valence-electron chi connectivity index (χ1n) is 12.9. The summed E-state index contributed by atoms with van der Waals surface area (Å²) in [6, 6.07) is 11.1. The molecule has 0 aromatic heterocycles. The quantitative estimate of drug-likeness (QED) is 0.654. The summed E-state index contributed by atoms with van der Waals surface area (Å²) < 4.78 is 8.23. The summed E-state index contributed by atoms with van der Waals surface area (Å²) in [5.74, 6) is 4.26. The van der Waals surface area contributed by atoms with Gasteiger partial charge in [-0.2, -0.15) is 0 Å². The predicted octanol–water partition coefficient (Wildman–Crippen LogP) is 4.91. The number of hydrogen-bond acceptors (Lipinski definition) is 3. The molecule has 4 bridgehead atoms. The van der Waals surface area contributed by atoms with Crippen LogP contribution >= 0.6 is 0 Å². The van der Waals surface area contributed by atoms with E-state index >= 15 is 0 Å². The van der Waals surface area contributed by atoms with Crippen LogP contribution in [0.2, 0.25) is 0 Å². The van der Waals surface area contributed by atoms with E-state index in [1.165, 1.54) is 49.9 Å². The standard InChI is InChI=1S/C27H45N4Si/c1-25(2,3)30-24(23-12-10-9-11-13-23)31(26(4,5)6)32(30,29(7)8)28-27-17-20-14-21(18-27)16-22(15-20)19-27/h9-13,20-22,28H,14-19H2,1-8H3/q+1. The molecule has 1 N–H and O–H groups in total. The Morgan fingerprint density at radius 3 is 1.81 bits per heavy atom. The Labute approximate surface area is 197 Å². The fraction of sp³-hybridized carbons (Fsp3) is 0.741. The fourth-order valence-electron chi connectivity index (χ4n) is 8.11. The number of amidine groups is 1. The molecule has 1 aromatic carbocycles. The van der Waals surface area contributed by atoms with Crippen molar-refractivity contribution in [3.8, 4) is 0 Å². The predicted molar refractivity (Wildman–Crippen MR) is 136 cm³/mol. The van der Waals surface area contributed by atoms with Gasteiger partial charge in [-0.3, -0.25) is 0 Å². The molecular formula is C27H45N4Si+. The maximum Gasteiger partial charge on any atom is 0.660 e. The van der Waals surface area contributed by atoms with E-state index in [1.54, 1.807) is 0 Å². The van der Waals surface area contributed by atoms with Crippen molar-refractivity contribution < 1.29 is 4.24 Å². The highest BCUT2D eigenvalue weighted by atomic mass is 28.4. The summed E-state index contributed by atoms with van der Waals surface area (Å²) in [7, 11) is 2.30. The van der Waals surface area contributed by atoms with E-state index in [1.807, 2.05) is 0 Å². The fourth-order valence-corrected chi connectivity index (χ4v) is 13.4. The van der Waals surface area contributed by atoms with Gasteiger partial charge in [0.1, 0.15) is 0 Å². The molecule has 1 atom stereocenters. The highest BCUT2D eigenvalue weighted by molar-refractivity contribution is 6.71. The Morgan fingerprint density at radius 1 is 0.906 bits per heavy atom. The van der Waals surface area contributed by atoms with E-state index in [2.05, 4.69) is 104 Å². The molecule has 4 nitrogen and oxygen atoms in total. The van der Waals surface area contributed by atoms with Gasteiger partial charge in [-0.05, 0) is 124 Å². The smallest absolute Gasteiger partial charge is 0.246 e. The van der Waals surface area contributed by atoms with Crippen molar-refractivity contribution in [2.24, 2.45) is 17.8 Å². The van der Waals surface area contributed by atoms with Crippen molar-refractivity contribution in [1.82, 2.24) is 14.1 Å². The second-order valence-corrected chi connectivity index (χ2v) is 16.9. The first-order chi connectivity index (χ1) is 14.9. The zero-order chi connectivity index (χ0) is 23.1. The van der Waals surface area contributed by atoms with Crippen molar-refractivity contribution in [3.63, 3.8) is 0 Å². The molecule has 0 spiro atoms. The summed E-state index contributed by atoms with van der Waals surface area (Å²) in [5, 5.41) is 0. The SMILES string of the molecule is CN(C)[Si@@]1(NC23CC4CC(CC(C4)C2)C3)N(C(C)(C)C)C(c2ccccc2)=[N+]1C(C)(C)C. The lowest BCUT2D eigenvalue weighted by atomic mass is 9.53. The molecular weight excluding hydrogens is 408 g/mol. The van der Waals surface area contributed by atoms with Crippen molar-refractivity contribution >= 4 is 14.6 Å². The topological polar surface area (TPSA) is 21.5 Å². The first kappa shape index (κ1) is 22.6. The zero-order valence-electron chi connectivity index (χ0n) is 21.7. The normalized spacial score (nSPS) is 36.8. The molecule has 0 saturated heterocycles. The van der Waals surface area contributed by atoms with Gasteiger partial charge in [0.05, 0.1) is 16.6 Å². The van der Waals surface area contributed by atoms with Crippen LogP contribution in [0, 0.1) is 17.8 Å². The molecule has 4 saturated carbocycles. The Bertz CT molecular complexity index is 873. The minimum Gasteiger partial charge on any atom is -0.246 e. The molecule has 5 aliphatic rings. The molecule has 0 radical (unpaired) electrons. The second-order valence-electron chi connectivity index (χ2n) is 13.6. The third-order valence-electron chi connectivity index (χ3n) is 8.52. The third-order valence-corrected chi connectivity index (χ3v) is 13.6. The Morgan fingerprint density at radius 2 is 1.41 bits per heavy atom. The van der Waals surface area contributed by atoms with E-state index in [9.17, 15) is 0 Å². The molecule has 0 amide bonds. The van der Waals surface area contributed by atoms with Gasteiger partial charge in [0.2, 0.25) is 0 Å². The molecule has 1 aromatic rings. The van der Waals surface area contributed by atoms with Gasteiger partial charge in [0.15, 0.2) is 0 Å². The Balaban J connectivity index is 1.68. The largest absolute Gasteiger partial charge is 0.660 e. The van der Waals surface area contributed by atoms with Crippen LogP contribution in [0.3, 0.4) is 0 Å². The van der Waals surface area contributed by atoms with Gasteiger partial charge in [-0.1, -0.05) is 18.2 Å². The summed E-state index contributed by atoms with van der Waals surface area (Å²) in [6.45, 7) is 14.4.